The molecule has 0 unspecified atom stereocenters. The van der Waals surface area contributed by atoms with Crippen LogP contribution in [-0.4, -0.2) is 24.4 Å². The number of amides is 1. The molecule has 2 nitrogen and oxygen atoms in total. The lowest BCUT2D eigenvalue weighted by Gasteiger charge is -2.18. The van der Waals surface area contributed by atoms with E-state index in [9.17, 15) is 4.79 Å². The summed E-state index contributed by atoms with van der Waals surface area (Å²) in [5.41, 5.74) is 0.808. The van der Waals surface area contributed by atoms with Crippen molar-refractivity contribution in [3.05, 3.63) is 19.9 Å². The first kappa shape index (κ1) is 12.0. The molecule has 0 spiro atoms. The van der Waals surface area contributed by atoms with E-state index in [2.05, 4.69) is 36.4 Å². The summed E-state index contributed by atoms with van der Waals surface area (Å²) in [4.78, 5) is 13.6. The van der Waals surface area contributed by atoms with Crippen LogP contribution in [0.1, 0.15) is 24.2 Å². The number of nitrogens with zero attached hydrogens (tertiary/aromatic N) is 1. The summed E-state index contributed by atoms with van der Waals surface area (Å²) in [6, 6.07) is 1.93. The third-order valence-electron chi connectivity index (χ3n) is 1.80. The molecular weight excluding hydrogens is 309 g/mol. The van der Waals surface area contributed by atoms with E-state index >= 15 is 0 Å². The second-order valence-electron chi connectivity index (χ2n) is 3.72. The van der Waals surface area contributed by atoms with Crippen molar-refractivity contribution in [3.8, 4) is 0 Å². The maximum Gasteiger partial charge on any atom is 0.254 e. The summed E-state index contributed by atoms with van der Waals surface area (Å²) < 4.78 is 1.16. The van der Waals surface area contributed by atoms with E-state index in [-0.39, 0.29) is 5.91 Å². The molecule has 0 saturated carbocycles. The third-order valence-corrected chi connectivity index (χ3v) is 3.59. The molecular formula is C10H14INOS. The van der Waals surface area contributed by atoms with Gasteiger partial charge in [0.25, 0.3) is 5.91 Å². The highest BCUT2D eigenvalue weighted by atomic mass is 127. The standard InChI is InChI=1S/C10H14INOS/c1-7(2)5-12(3)10(13)8-4-9(11)14-6-8/h4,6-7H,5H2,1-3H3. The number of thiophene rings is 1. The van der Waals surface area contributed by atoms with E-state index in [1.807, 2.05) is 18.5 Å². The molecule has 0 radical (unpaired) electrons. The first-order valence-electron chi connectivity index (χ1n) is 4.50. The molecule has 0 aliphatic carbocycles. The van der Waals surface area contributed by atoms with Gasteiger partial charge >= 0.3 is 0 Å². The lowest BCUT2D eigenvalue weighted by Crippen LogP contribution is -2.29. The molecule has 0 saturated heterocycles. The van der Waals surface area contributed by atoms with Crippen LogP contribution < -0.4 is 0 Å². The Hall–Kier alpha value is -0.100. The Kier molecular flexibility index (Phi) is 4.37. The zero-order valence-electron chi connectivity index (χ0n) is 8.58. The summed E-state index contributed by atoms with van der Waals surface area (Å²) in [6.45, 7) is 5.04. The van der Waals surface area contributed by atoms with Crippen molar-refractivity contribution in [1.29, 1.82) is 0 Å². The van der Waals surface area contributed by atoms with Crippen LogP contribution in [0.4, 0.5) is 0 Å². The van der Waals surface area contributed by atoms with Gasteiger partial charge in [0.1, 0.15) is 0 Å². The van der Waals surface area contributed by atoms with Gasteiger partial charge in [-0.3, -0.25) is 4.79 Å². The summed E-state index contributed by atoms with van der Waals surface area (Å²) in [6.07, 6.45) is 0. The van der Waals surface area contributed by atoms with Crippen molar-refractivity contribution in [3.63, 3.8) is 0 Å². The number of halogens is 1. The zero-order valence-corrected chi connectivity index (χ0v) is 11.6. The highest BCUT2D eigenvalue weighted by Gasteiger charge is 2.13. The van der Waals surface area contributed by atoms with Gasteiger partial charge in [0.05, 0.1) is 8.45 Å². The number of hydrogen-bond acceptors (Lipinski definition) is 2. The molecule has 1 amide bonds. The molecule has 14 heavy (non-hydrogen) atoms. The summed E-state index contributed by atoms with van der Waals surface area (Å²) >= 11 is 3.84. The van der Waals surface area contributed by atoms with Gasteiger partial charge in [-0.05, 0) is 34.6 Å². The molecule has 1 rings (SSSR count). The van der Waals surface area contributed by atoms with Crippen molar-refractivity contribution in [2.24, 2.45) is 5.92 Å². The quantitative estimate of drug-likeness (QED) is 0.783. The lowest BCUT2D eigenvalue weighted by molar-refractivity contribution is 0.0779. The van der Waals surface area contributed by atoms with E-state index in [0.29, 0.717) is 5.92 Å². The number of hydrogen-bond donors (Lipinski definition) is 0. The summed E-state index contributed by atoms with van der Waals surface area (Å²) in [5, 5.41) is 1.92. The van der Waals surface area contributed by atoms with Gasteiger partial charge in [-0.2, -0.15) is 0 Å². The smallest absolute Gasteiger partial charge is 0.254 e. The number of rotatable bonds is 3. The molecule has 4 heteroatoms. The van der Waals surface area contributed by atoms with E-state index in [1.165, 1.54) is 0 Å². The maximum absolute atomic E-state index is 11.8. The molecule has 0 aliphatic heterocycles. The molecule has 1 aromatic heterocycles. The fraction of sp³-hybridized carbons (Fsp3) is 0.500. The van der Waals surface area contributed by atoms with Crippen molar-refractivity contribution in [1.82, 2.24) is 4.90 Å². The molecule has 0 fully saturated rings. The van der Waals surface area contributed by atoms with Crippen molar-refractivity contribution < 1.29 is 4.79 Å². The topological polar surface area (TPSA) is 20.3 Å². The minimum Gasteiger partial charge on any atom is -0.341 e. The Morgan fingerprint density at radius 2 is 2.29 bits per heavy atom. The Morgan fingerprint density at radius 3 is 2.71 bits per heavy atom. The largest absolute Gasteiger partial charge is 0.341 e. The van der Waals surface area contributed by atoms with Crippen LogP contribution >= 0.6 is 33.9 Å². The maximum atomic E-state index is 11.8. The number of carbonyl (C=O) groups excluding carboxylic acids is 1. The van der Waals surface area contributed by atoms with Gasteiger partial charge in [0.2, 0.25) is 0 Å². The summed E-state index contributed by atoms with van der Waals surface area (Å²) in [7, 11) is 1.85. The molecule has 0 bridgehead atoms. The minimum absolute atomic E-state index is 0.123. The molecule has 1 aromatic rings. The van der Waals surface area contributed by atoms with Crippen LogP contribution in [0.5, 0.6) is 0 Å². The Morgan fingerprint density at radius 1 is 1.64 bits per heavy atom. The van der Waals surface area contributed by atoms with Crippen molar-refractivity contribution in [2.45, 2.75) is 13.8 Å². The van der Waals surface area contributed by atoms with Gasteiger partial charge in [-0.15, -0.1) is 11.3 Å². The molecule has 0 aromatic carbocycles. The normalized spacial score (nSPS) is 10.6. The Balaban J connectivity index is 2.65. The van der Waals surface area contributed by atoms with Gasteiger partial charge in [-0.1, -0.05) is 13.8 Å². The van der Waals surface area contributed by atoms with E-state index in [0.717, 1.165) is 15.0 Å². The second-order valence-corrected chi connectivity index (χ2v) is 6.52. The van der Waals surface area contributed by atoms with E-state index in [1.54, 1.807) is 16.2 Å². The van der Waals surface area contributed by atoms with Gasteiger partial charge in [0.15, 0.2) is 0 Å². The van der Waals surface area contributed by atoms with Crippen LogP contribution in [0, 0.1) is 8.80 Å². The van der Waals surface area contributed by atoms with Crippen LogP contribution in [-0.2, 0) is 0 Å². The average Bonchev–Trinajstić information content (AvgIpc) is 2.49. The SMILES string of the molecule is CC(C)CN(C)C(=O)c1csc(I)c1. The Labute approximate surface area is 102 Å². The van der Waals surface area contributed by atoms with Crippen LogP contribution in [0.25, 0.3) is 0 Å². The monoisotopic (exact) mass is 323 g/mol. The van der Waals surface area contributed by atoms with Gasteiger partial charge < -0.3 is 4.90 Å². The van der Waals surface area contributed by atoms with Crippen molar-refractivity contribution in [2.75, 3.05) is 13.6 Å². The average molecular weight is 323 g/mol. The Bertz CT molecular complexity index is 322. The predicted molar refractivity (Wildman–Crippen MR) is 68.8 cm³/mol. The fourth-order valence-corrected chi connectivity index (χ4v) is 2.59. The van der Waals surface area contributed by atoms with E-state index < -0.39 is 0 Å². The fourth-order valence-electron chi connectivity index (χ4n) is 1.27. The molecule has 0 N–H and O–H groups in total. The van der Waals surface area contributed by atoms with Crippen LogP contribution in [0.15, 0.2) is 11.4 Å². The van der Waals surface area contributed by atoms with E-state index in [4.69, 9.17) is 0 Å². The minimum atomic E-state index is 0.123. The highest BCUT2D eigenvalue weighted by molar-refractivity contribution is 14.1. The second kappa shape index (κ2) is 5.11. The van der Waals surface area contributed by atoms with Gasteiger partial charge in [-0.25, -0.2) is 0 Å². The third kappa shape index (κ3) is 3.24. The molecule has 78 valence electrons. The van der Waals surface area contributed by atoms with Crippen LogP contribution in [0.3, 0.4) is 0 Å². The van der Waals surface area contributed by atoms with Crippen molar-refractivity contribution >= 4 is 39.8 Å². The first-order chi connectivity index (χ1) is 6.50. The predicted octanol–water partition coefficient (Wildman–Crippen LogP) is 3.08. The van der Waals surface area contributed by atoms with Crippen LogP contribution in [0.2, 0.25) is 0 Å². The first-order valence-corrected chi connectivity index (χ1v) is 6.46. The summed E-state index contributed by atoms with van der Waals surface area (Å²) in [5.74, 6) is 0.638. The van der Waals surface area contributed by atoms with Gasteiger partial charge in [0, 0.05) is 19.0 Å². The number of carbonyl (C=O) groups is 1. The zero-order chi connectivity index (χ0) is 10.7. The molecule has 0 aliphatic rings. The lowest BCUT2D eigenvalue weighted by atomic mass is 10.2. The highest BCUT2D eigenvalue weighted by Crippen LogP contribution is 2.18. The molecule has 1 heterocycles. The molecule has 0 atom stereocenters.